The fourth-order valence-electron chi connectivity index (χ4n) is 6.14. The van der Waals surface area contributed by atoms with Crippen LogP contribution in [0.3, 0.4) is 0 Å². The van der Waals surface area contributed by atoms with Crippen molar-refractivity contribution in [3.05, 3.63) is 90.0 Å². The van der Waals surface area contributed by atoms with E-state index in [9.17, 15) is 0 Å². The number of rotatable bonds is 7. The first-order chi connectivity index (χ1) is 19.5. The van der Waals surface area contributed by atoms with Crippen LogP contribution in [0.4, 0.5) is 5.82 Å². The molecule has 5 aromatic rings. The summed E-state index contributed by atoms with van der Waals surface area (Å²) in [6, 6.07) is 19.0. The lowest BCUT2D eigenvalue weighted by Crippen LogP contribution is -2.27. The average Bonchev–Trinajstić information content (AvgIpc) is 3.76. The lowest BCUT2D eigenvalue weighted by molar-refractivity contribution is -0.157. The second-order valence-corrected chi connectivity index (χ2v) is 11.7. The number of hydrogen-bond acceptors (Lipinski definition) is 8. The number of nitrogens with zero attached hydrogens (tertiary/aromatic N) is 4. The van der Waals surface area contributed by atoms with Crippen LogP contribution < -0.4 is 10.1 Å². The summed E-state index contributed by atoms with van der Waals surface area (Å²) < 4.78 is 20.6. The van der Waals surface area contributed by atoms with E-state index >= 15 is 0 Å². The molecule has 3 aromatic heterocycles. The summed E-state index contributed by atoms with van der Waals surface area (Å²) in [4.78, 5) is 14.7. The van der Waals surface area contributed by atoms with Crippen molar-refractivity contribution in [1.29, 1.82) is 0 Å². The highest BCUT2D eigenvalue weighted by molar-refractivity contribution is 7.13. The number of aromatic nitrogens is 4. The molecule has 9 heteroatoms. The van der Waals surface area contributed by atoms with Crippen molar-refractivity contribution in [3.63, 3.8) is 0 Å². The quantitative estimate of drug-likeness (QED) is 0.249. The Balaban J connectivity index is 1.19. The van der Waals surface area contributed by atoms with Gasteiger partial charge in [0.1, 0.15) is 29.6 Å². The van der Waals surface area contributed by atoms with E-state index in [1.54, 1.807) is 24.8 Å². The summed E-state index contributed by atoms with van der Waals surface area (Å²) in [6.45, 7) is 4.66. The van der Waals surface area contributed by atoms with Crippen LogP contribution in [0.1, 0.15) is 43.4 Å². The standard InChI is InChI=1S/C31H31N5O3S/c1-31(2)38-27-24(20-5-4-6-21(13-20)26-16-32-18-40-26)14-25(28(27)39-31)36-12-11-23-29(34-17-35-30(23)36)33-15-19-7-9-22(37-3)10-8-19/h4-13,16-18,24-25,27-28H,14-15H2,1-3H3,(H,33,34,35)/t24-,25-,27-,28+/m1/s1. The Morgan fingerprint density at radius 1 is 1.07 bits per heavy atom. The fourth-order valence-corrected chi connectivity index (χ4v) is 6.76. The topological polar surface area (TPSA) is 83.3 Å². The van der Waals surface area contributed by atoms with Crippen LogP contribution in [0.2, 0.25) is 0 Å². The summed E-state index contributed by atoms with van der Waals surface area (Å²) in [7, 11) is 1.67. The molecule has 4 heterocycles. The maximum Gasteiger partial charge on any atom is 0.163 e. The first kappa shape index (κ1) is 25.2. The van der Waals surface area contributed by atoms with Crippen LogP contribution in [0, 0.1) is 0 Å². The average molecular weight is 554 g/mol. The van der Waals surface area contributed by atoms with Gasteiger partial charge in [0.05, 0.1) is 35.0 Å². The monoisotopic (exact) mass is 553 g/mol. The minimum absolute atomic E-state index is 0.0522. The lowest BCUT2D eigenvalue weighted by Gasteiger charge is -2.25. The maximum absolute atomic E-state index is 6.55. The van der Waals surface area contributed by atoms with Crippen molar-refractivity contribution in [2.24, 2.45) is 0 Å². The van der Waals surface area contributed by atoms with Crippen molar-refractivity contribution in [3.8, 4) is 16.2 Å². The molecule has 1 saturated heterocycles. The van der Waals surface area contributed by atoms with Gasteiger partial charge in [-0.15, -0.1) is 11.3 Å². The second kappa shape index (κ2) is 9.99. The molecule has 0 unspecified atom stereocenters. The van der Waals surface area contributed by atoms with E-state index in [0.29, 0.717) is 6.54 Å². The molecule has 1 aliphatic heterocycles. The zero-order valence-electron chi connectivity index (χ0n) is 22.7. The summed E-state index contributed by atoms with van der Waals surface area (Å²) in [6.07, 6.45) is 6.42. The van der Waals surface area contributed by atoms with Crippen LogP contribution >= 0.6 is 11.3 Å². The van der Waals surface area contributed by atoms with Crippen molar-refractivity contribution in [2.45, 2.75) is 56.8 Å². The Morgan fingerprint density at radius 3 is 2.73 bits per heavy atom. The molecule has 204 valence electrons. The molecule has 2 aliphatic rings. The Hall–Kier alpha value is -3.79. The molecule has 0 amide bonds. The Labute approximate surface area is 237 Å². The molecule has 0 bridgehead atoms. The van der Waals surface area contributed by atoms with Crippen molar-refractivity contribution >= 4 is 28.2 Å². The SMILES string of the molecule is COc1ccc(CNc2ncnc3c2ccn3[C@@H]2C[C@H](c3cccc(-c4cncs4)c3)[C@H]3OC(C)(C)O[C@H]32)cc1. The minimum Gasteiger partial charge on any atom is -0.497 e. The zero-order chi connectivity index (χ0) is 27.3. The van der Waals surface area contributed by atoms with E-state index in [0.717, 1.165) is 34.6 Å². The normalized spacial score (nSPS) is 23.4. The minimum atomic E-state index is -0.648. The van der Waals surface area contributed by atoms with Gasteiger partial charge in [-0.1, -0.05) is 30.3 Å². The number of hydrogen-bond donors (Lipinski definition) is 1. The van der Waals surface area contributed by atoms with E-state index < -0.39 is 5.79 Å². The Morgan fingerprint density at radius 2 is 1.93 bits per heavy atom. The lowest BCUT2D eigenvalue weighted by atomic mass is 9.93. The van der Waals surface area contributed by atoms with E-state index in [1.165, 1.54) is 16.0 Å². The number of ether oxygens (including phenoxy) is 3. The van der Waals surface area contributed by atoms with Gasteiger partial charge in [0.2, 0.25) is 0 Å². The summed E-state index contributed by atoms with van der Waals surface area (Å²) >= 11 is 1.65. The van der Waals surface area contributed by atoms with Gasteiger partial charge in [0.25, 0.3) is 0 Å². The molecular weight excluding hydrogens is 522 g/mol. The van der Waals surface area contributed by atoms with Gasteiger partial charge in [-0.05, 0) is 61.2 Å². The first-order valence-corrected chi connectivity index (χ1v) is 14.4. The molecule has 7 rings (SSSR count). The smallest absolute Gasteiger partial charge is 0.163 e. The molecule has 2 aromatic carbocycles. The molecule has 4 atom stereocenters. The van der Waals surface area contributed by atoms with E-state index in [-0.39, 0.29) is 24.2 Å². The Bertz CT molecular complexity index is 1630. The summed E-state index contributed by atoms with van der Waals surface area (Å²) in [5, 5.41) is 4.48. The molecular formula is C31H31N5O3S. The molecule has 8 nitrogen and oxygen atoms in total. The van der Waals surface area contributed by atoms with Crippen LogP contribution in [-0.2, 0) is 16.0 Å². The highest BCUT2D eigenvalue weighted by Crippen LogP contribution is 2.52. The largest absolute Gasteiger partial charge is 0.497 e. The summed E-state index contributed by atoms with van der Waals surface area (Å²) in [5.74, 6) is 1.20. The molecule has 1 N–H and O–H groups in total. The number of thiazole rings is 1. The van der Waals surface area contributed by atoms with Gasteiger partial charge < -0.3 is 24.1 Å². The number of fused-ring (bicyclic) bond motifs is 2. The van der Waals surface area contributed by atoms with Crippen molar-refractivity contribution < 1.29 is 14.2 Å². The second-order valence-electron chi connectivity index (χ2n) is 10.8. The highest BCUT2D eigenvalue weighted by Gasteiger charge is 2.55. The van der Waals surface area contributed by atoms with Gasteiger partial charge in [0.15, 0.2) is 5.79 Å². The number of benzene rings is 2. The number of methoxy groups -OCH3 is 1. The molecule has 40 heavy (non-hydrogen) atoms. The zero-order valence-corrected chi connectivity index (χ0v) is 23.5. The third kappa shape index (κ3) is 4.54. The van der Waals surface area contributed by atoms with Crippen molar-refractivity contribution in [2.75, 3.05) is 12.4 Å². The fraction of sp³-hybridized carbons (Fsp3) is 0.323. The third-order valence-electron chi connectivity index (χ3n) is 7.95. The predicted molar refractivity (Wildman–Crippen MR) is 156 cm³/mol. The van der Waals surface area contributed by atoms with Crippen LogP contribution in [-0.4, -0.2) is 44.6 Å². The number of nitrogens with one attached hydrogen (secondary N) is 1. The summed E-state index contributed by atoms with van der Waals surface area (Å²) in [5.41, 5.74) is 6.36. The molecule has 1 saturated carbocycles. The van der Waals surface area contributed by atoms with Crippen LogP contribution in [0.25, 0.3) is 21.5 Å². The van der Waals surface area contributed by atoms with Gasteiger partial charge >= 0.3 is 0 Å². The maximum atomic E-state index is 6.55. The number of anilines is 1. The third-order valence-corrected chi connectivity index (χ3v) is 8.77. The van der Waals surface area contributed by atoms with Gasteiger partial charge in [0, 0.05) is 24.9 Å². The van der Waals surface area contributed by atoms with Crippen molar-refractivity contribution in [1.82, 2.24) is 19.5 Å². The highest BCUT2D eigenvalue weighted by atomic mass is 32.1. The van der Waals surface area contributed by atoms with Gasteiger partial charge in [-0.25, -0.2) is 9.97 Å². The molecule has 2 fully saturated rings. The Kier molecular flexibility index (Phi) is 6.30. The van der Waals surface area contributed by atoms with E-state index in [1.807, 2.05) is 37.7 Å². The van der Waals surface area contributed by atoms with Crippen LogP contribution in [0.5, 0.6) is 5.75 Å². The van der Waals surface area contributed by atoms with Gasteiger partial charge in [-0.3, -0.25) is 4.98 Å². The van der Waals surface area contributed by atoms with E-state index in [2.05, 4.69) is 68.5 Å². The van der Waals surface area contributed by atoms with E-state index in [4.69, 9.17) is 19.2 Å². The molecule has 1 aliphatic carbocycles. The van der Waals surface area contributed by atoms with Crippen LogP contribution in [0.15, 0.2) is 78.8 Å². The first-order valence-electron chi connectivity index (χ1n) is 13.5. The predicted octanol–water partition coefficient (Wildman–Crippen LogP) is 6.42. The van der Waals surface area contributed by atoms with Gasteiger partial charge in [-0.2, -0.15) is 0 Å². The molecule has 0 radical (unpaired) electrons. The molecule has 0 spiro atoms.